The second kappa shape index (κ2) is 10.9. The van der Waals surface area contributed by atoms with E-state index < -0.39 is 14.6 Å². The molecule has 1 aliphatic carbocycles. The maximum absolute atomic E-state index is 12.6. The molecule has 0 radical (unpaired) electrons. The van der Waals surface area contributed by atoms with Crippen LogP contribution in [-0.2, 0) is 14.6 Å². The highest BCUT2D eigenvalue weighted by molar-refractivity contribution is 7.92. The first kappa shape index (κ1) is 24.9. The zero-order chi connectivity index (χ0) is 16.9. The highest BCUT2D eigenvalue weighted by atomic mass is 35.5. The van der Waals surface area contributed by atoms with Crippen molar-refractivity contribution in [1.29, 1.82) is 0 Å². The van der Waals surface area contributed by atoms with Crippen LogP contribution in [0.1, 0.15) is 44.9 Å². The summed E-state index contributed by atoms with van der Waals surface area (Å²) in [6.45, 7) is 2.43. The van der Waals surface area contributed by atoms with Crippen LogP contribution >= 0.6 is 24.8 Å². The van der Waals surface area contributed by atoms with Gasteiger partial charge in [0.25, 0.3) is 0 Å². The predicted molar refractivity (Wildman–Crippen MR) is 107 cm³/mol. The third kappa shape index (κ3) is 6.24. The van der Waals surface area contributed by atoms with Gasteiger partial charge >= 0.3 is 0 Å². The van der Waals surface area contributed by atoms with Crippen molar-refractivity contribution in [2.75, 3.05) is 39.5 Å². The molecule has 150 valence electrons. The Morgan fingerprint density at radius 1 is 1.16 bits per heavy atom. The Labute approximate surface area is 164 Å². The van der Waals surface area contributed by atoms with Crippen molar-refractivity contribution >= 4 is 40.6 Å². The summed E-state index contributed by atoms with van der Waals surface area (Å²) in [4.78, 5) is 14.9. The number of hydrogen-bond acceptors (Lipinski definition) is 5. The molecule has 0 aromatic carbocycles. The van der Waals surface area contributed by atoms with E-state index >= 15 is 0 Å². The summed E-state index contributed by atoms with van der Waals surface area (Å²) in [5.74, 6) is -0.321. The van der Waals surface area contributed by atoms with E-state index in [2.05, 4.69) is 22.6 Å². The van der Waals surface area contributed by atoms with Gasteiger partial charge in [-0.15, -0.1) is 24.8 Å². The van der Waals surface area contributed by atoms with Gasteiger partial charge in [0.05, 0.1) is 0 Å². The number of halogens is 2. The molecule has 2 N–H and O–H groups in total. The molecule has 9 heteroatoms. The maximum atomic E-state index is 12.6. The second-order valence-electron chi connectivity index (χ2n) is 7.04. The van der Waals surface area contributed by atoms with E-state index in [1.807, 2.05) is 0 Å². The Balaban J connectivity index is 0.00000288. The Bertz CT molecular complexity index is 505. The van der Waals surface area contributed by atoms with E-state index in [9.17, 15) is 13.2 Å². The van der Waals surface area contributed by atoms with Crippen LogP contribution in [0.25, 0.3) is 0 Å². The van der Waals surface area contributed by atoms with E-state index in [1.54, 1.807) is 0 Å². The van der Waals surface area contributed by atoms with E-state index in [1.165, 1.54) is 38.4 Å². The highest BCUT2D eigenvalue weighted by Gasteiger charge is 2.48. The molecule has 2 rings (SSSR count). The van der Waals surface area contributed by atoms with Crippen molar-refractivity contribution in [2.24, 2.45) is 0 Å². The van der Waals surface area contributed by atoms with Crippen LogP contribution in [0, 0.1) is 0 Å². The Kier molecular flexibility index (Phi) is 10.9. The molecular weight excluding hydrogens is 385 g/mol. The van der Waals surface area contributed by atoms with Crippen LogP contribution in [0.4, 0.5) is 0 Å². The number of likely N-dealkylation sites (N-methyl/N-ethyl adjacent to an activating group) is 1. The minimum absolute atomic E-state index is 0. The summed E-state index contributed by atoms with van der Waals surface area (Å²) in [6, 6.07) is 0.600. The van der Waals surface area contributed by atoms with Crippen molar-refractivity contribution in [3.63, 3.8) is 0 Å². The quantitative estimate of drug-likeness (QED) is 0.682. The minimum Gasteiger partial charge on any atom is -0.353 e. The smallest absolute Gasteiger partial charge is 0.241 e. The molecule has 1 saturated carbocycles. The Hall–Kier alpha value is -0.0800. The van der Waals surface area contributed by atoms with Crippen molar-refractivity contribution in [2.45, 2.75) is 55.7 Å². The highest BCUT2D eigenvalue weighted by Crippen LogP contribution is 2.28. The molecule has 0 aromatic rings. The fourth-order valence-corrected chi connectivity index (χ4v) is 5.16. The second-order valence-corrected chi connectivity index (χ2v) is 9.37. The minimum atomic E-state index is -3.42. The number of rotatable bonds is 6. The largest absolute Gasteiger partial charge is 0.353 e. The van der Waals surface area contributed by atoms with Crippen molar-refractivity contribution in [3.05, 3.63) is 0 Å². The normalized spacial score (nSPS) is 21.1. The summed E-state index contributed by atoms with van der Waals surface area (Å²) >= 11 is 0. The number of nitrogens with zero attached hydrogens (tertiary/aromatic N) is 1. The summed E-state index contributed by atoms with van der Waals surface area (Å²) in [7, 11) is -1.33. The summed E-state index contributed by atoms with van der Waals surface area (Å²) in [5.41, 5.74) is 0. The molecule has 1 aliphatic heterocycles. The van der Waals surface area contributed by atoms with Gasteiger partial charge in [-0.1, -0.05) is 19.3 Å². The van der Waals surface area contributed by atoms with E-state index in [-0.39, 0.29) is 30.7 Å². The summed E-state index contributed by atoms with van der Waals surface area (Å²) in [6.07, 6.45) is 8.24. The van der Waals surface area contributed by atoms with Crippen LogP contribution in [0.2, 0.25) is 0 Å². The van der Waals surface area contributed by atoms with E-state index in [0.717, 1.165) is 6.54 Å². The van der Waals surface area contributed by atoms with Crippen LogP contribution in [0.15, 0.2) is 0 Å². The first-order chi connectivity index (χ1) is 10.9. The number of piperidine rings is 1. The van der Waals surface area contributed by atoms with Crippen molar-refractivity contribution in [3.8, 4) is 0 Å². The van der Waals surface area contributed by atoms with Crippen LogP contribution in [0.5, 0.6) is 0 Å². The monoisotopic (exact) mass is 417 g/mol. The SMILES string of the molecule is CN(CCNC(=O)C1(S(C)(=O)=O)CCNCC1)C1CCCCC1.Cl.Cl. The molecule has 1 heterocycles. The number of carbonyl (C=O) groups excluding carboxylic acids is 1. The van der Waals surface area contributed by atoms with Crippen LogP contribution in [0.3, 0.4) is 0 Å². The van der Waals surface area contributed by atoms with Gasteiger partial charge in [0.15, 0.2) is 14.6 Å². The number of carbonyl (C=O) groups is 1. The third-order valence-electron chi connectivity index (χ3n) is 5.48. The number of nitrogens with one attached hydrogen (secondary N) is 2. The molecule has 0 unspecified atom stereocenters. The maximum Gasteiger partial charge on any atom is 0.241 e. The molecule has 6 nitrogen and oxygen atoms in total. The van der Waals surface area contributed by atoms with Gasteiger partial charge in [-0.3, -0.25) is 4.79 Å². The van der Waals surface area contributed by atoms with Crippen molar-refractivity contribution in [1.82, 2.24) is 15.5 Å². The van der Waals surface area contributed by atoms with Crippen LogP contribution in [-0.4, -0.2) is 69.5 Å². The fourth-order valence-electron chi connectivity index (χ4n) is 3.81. The zero-order valence-electron chi connectivity index (χ0n) is 15.3. The van der Waals surface area contributed by atoms with Gasteiger partial charge in [-0.25, -0.2) is 8.42 Å². The molecule has 0 spiro atoms. The molecule has 0 bridgehead atoms. The molecule has 0 atom stereocenters. The average Bonchev–Trinajstić information content (AvgIpc) is 2.55. The van der Waals surface area contributed by atoms with Gasteiger partial charge in [-0.05, 0) is 45.8 Å². The van der Waals surface area contributed by atoms with Gasteiger partial charge < -0.3 is 15.5 Å². The lowest BCUT2D eigenvalue weighted by molar-refractivity contribution is -0.124. The molecular formula is C16H33Cl2N3O3S. The molecule has 2 fully saturated rings. The summed E-state index contributed by atoms with van der Waals surface area (Å²) in [5, 5.41) is 6.01. The van der Waals surface area contributed by atoms with Crippen molar-refractivity contribution < 1.29 is 13.2 Å². The average molecular weight is 418 g/mol. The predicted octanol–water partition coefficient (Wildman–Crippen LogP) is 1.38. The molecule has 25 heavy (non-hydrogen) atoms. The number of hydrogen-bond donors (Lipinski definition) is 2. The standard InChI is InChI=1S/C16H31N3O3S.2ClH/c1-19(14-6-4-3-5-7-14)13-12-18-15(20)16(23(2,21)22)8-10-17-11-9-16;;/h14,17H,3-13H2,1-2H3,(H,18,20);2*1H. The summed E-state index contributed by atoms with van der Waals surface area (Å²) < 4.78 is 23.1. The van der Waals surface area contributed by atoms with Gasteiger partial charge in [0.1, 0.15) is 0 Å². The molecule has 2 aliphatic rings. The van der Waals surface area contributed by atoms with E-state index in [4.69, 9.17) is 0 Å². The number of amides is 1. The zero-order valence-corrected chi connectivity index (χ0v) is 17.7. The Morgan fingerprint density at radius 3 is 2.24 bits per heavy atom. The number of sulfone groups is 1. The lowest BCUT2D eigenvalue weighted by atomic mass is 9.94. The van der Waals surface area contributed by atoms with Crippen LogP contribution < -0.4 is 10.6 Å². The molecule has 0 aromatic heterocycles. The van der Waals surface area contributed by atoms with Gasteiger partial charge in [-0.2, -0.15) is 0 Å². The Morgan fingerprint density at radius 2 is 1.72 bits per heavy atom. The topological polar surface area (TPSA) is 78.5 Å². The molecule has 1 saturated heterocycles. The first-order valence-corrected chi connectivity index (χ1v) is 10.6. The molecule has 1 amide bonds. The van der Waals surface area contributed by atoms with Gasteiger partial charge in [0.2, 0.25) is 5.91 Å². The fraction of sp³-hybridized carbons (Fsp3) is 0.938. The first-order valence-electron chi connectivity index (χ1n) is 8.76. The third-order valence-corrected chi connectivity index (χ3v) is 7.50. The van der Waals surface area contributed by atoms with E-state index in [0.29, 0.717) is 38.5 Å². The lowest BCUT2D eigenvalue weighted by Crippen LogP contribution is -2.58. The van der Waals surface area contributed by atoms with Gasteiger partial charge in [0, 0.05) is 25.4 Å². The lowest BCUT2D eigenvalue weighted by Gasteiger charge is -2.35.